The monoisotopic (exact) mass is 514 g/mol. The van der Waals surface area contributed by atoms with Gasteiger partial charge in [-0.3, -0.25) is 0 Å². The van der Waals surface area contributed by atoms with Crippen LogP contribution in [0, 0.1) is 11.8 Å². The van der Waals surface area contributed by atoms with Crippen molar-refractivity contribution < 1.29 is 24.2 Å². The Balaban J connectivity index is 3.12. The summed E-state index contributed by atoms with van der Waals surface area (Å²) in [5.41, 5.74) is 3.04. The molecule has 1 aliphatic carbocycles. The van der Waals surface area contributed by atoms with Crippen LogP contribution in [0.3, 0.4) is 0 Å². The fourth-order valence-corrected chi connectivity index (χ4v) is 4.30. The third-order valence-corrected chi connectivity index (χ3v) is 6.62. The molecule has 0 aromatic heterocycles. The first kappa shape index (κ1) is 31.3. The van der Waals surface area contributed by atoms with E-state index < -0.39 is 18.0 Å². The van der Waals surface area contributed by atoms with Crippen molar-refractivity contribution in [3.63, 3.8) is 0 Å². The van der Waals surface area contributed by atoms with Crippen LogP contribution >= 0.6 is 11.8 Å². The molecule has 1 aliphatic rings. The van der Waals surface area contributed by atoms with E-state index in [0.29, 0.717) is 30.1 Å². The van der Waals surface area contributed by atoms with E-state index in [0.717, 1.165) is 31.1 Å². The molecule has 0 spiro atoms. The molecule has 0 saturated carbocycles. The van der Waals surface area contributed by atoms with Gasteiger partial charge in [0.1, 0.15) is 23.7 Å². The molecule has 0 heterocycles. The van der Waals surface area contributed by atoms with Crippen LogP contribution in [0.25, 0.3) is 0 Å². The van der Waals surface area contributed by atoms with Crippen molar-refractivity contribution in [2.75, 3.05) is 12.2 Å². The summed E-state index contributed by atoms with van der Waals surface area (Å²) in [5.74, 6) is -0.564. The van der Waals surface area contributed by atoms with Gasteiger partial charge in [-0.2, -0.15) is 0 Å². The number of thioether (sulfide) groups is 1. The second-order valence-electron chi connectivity index (χ2n) is 8.84. The van der Waals surface area contributed by atoms with Crippen LogP contribution in [0.4, 0.5) is 0 Å². The number of hydrogen-bond acceptors (Lipinski definition) is 5. The largest absolute Gasteiger partial charge is 0.483 e. The van der Waals surface area contributed by atoms with Crippen molar-refractivity contribution in [1.82, 2.24) is 0 Å². The Hall–Kier alpha value is -2.73. The van der Waals surface area contributed by atoms with Crippen molar-refractivity contribution in [3.05, 3.63) is 83.9 Å². The van der Waals surface area contributed by atoms with Gasteiger partial charge < -0.3 is 19.4 Å². The first-order valence-electron chi connectivity index (χ1n) is 12.5. The summed E-state index contributed by atoms with van der Waals surface area (Å²) in [6.07, 6.45) is 20.4. The SMILES string of the molecule is C=C/C=C\C=C(/C)C(C)C(C=O)C(=C/C)/C(=C\C(=C)OC(CCC1=CCCCC1)C(=O)O)OCSC. The van der Waals surface area contributed by atoms with Gasteiger partial charge in [0.25, 0.3) is 0 Å². The van der Waals surface area contributed by atoms with Crippen LogP contribution in [-0.2, 0) is 19.1 Å². The normalized spacial score (nSPS) is 17.7. The number of carbonyl (C=O) groups is 2. The second-order valence-corrected chi connectivity index (χ2v) is 9.66. The Morgan fingerprint density at radius 1 is 1.31 bits per heavy atom. The van der Waals surface area contributed by atoms with Gasteiger partial charge in [0.2, 0.25) is 0 Å². The van der Waals surface area contributed by atoms with Gasteiger partial charge in [-0.25, -0.2) is 4.79 Å². The van der Waals surface area contributed by atoms with Crippen LogP contribution in [0.1, 0.15) is 59.3 Å². The van der Waals surface area contributed by atoms with E-state index in [1.807, 2.05) is 51.3 Å². The maximum atomic E-state index is 12.2. The summed E-state index contributed by atoms with van der Waals surface area (Å²) in [5, 5.41) is 9.71. The minimum Gasteiger partial charge on any atom is -0.483 e. The summed E-state index contributed by atoms with van der Waals surface area (Å²) in [6.45, 7) is 13.4. The van der Waals surface area contributed by atoms with E-state index in [1.165, 1.54) is 23.8 Å². The highest BCUT2D eigenvalue weighted by atomic mass is 32.2. The number of allylic oxidation sites excluding steroid dienone is 10. The topological polar surface area (TPSA) is 72.8 Å². The summed E-state index contributed by atoms with van der Waals surface area (Å²) in [4.78, 5) is 24.1. The zero-order chi connectivity index (χ0) is 26.9. The molecular weight excluding hydrogens is 472 g/mol. The fourth-order valence-electron chi connectivity index (χ4n) is 4.06. The zero-order valence-electron chi connectivity index (χ0n) is 22.2. The molecule has 3 atom stereocenters. The molecule has 0 radical (unpaired) electrons. The first-order valence-corrected chi connectivity index (χ1v) is 13.9. The van der Waals surface area contributed by atoms with Crippen molar-refractivity contribution in [3.8, 4) is 0 Å². The molecule has 0 fully saturated rings. The summed E-state index contributed by atoms with van der Waals surface area (Å²) >= 11 is 1.50. The summed E-state index contributed by atoms with van der Waals surface area (Å²) in [7, 11) is 0. The Morgan fingerprint density at radius 2 is 2.06 bits per heavy atom. The molecule has 1 rings (SSSR count). The van der Waals surface area contributed by atoms with Gasteiger partial charge in [0.05, 0.1) is 0 Å². The van der Waals surface area contributed by atoms with Crippen molar-refractivity contribution >= 4 is 24.0 Å². The molecule has 0 bridgehead atoms. The molecule has 3 unspecified atom stereocenters. The number of carboxylic acids is 1. The number of aliphatic carboxylic acids is 1. The molecule has 1 N–H and O–H groups in total. The van der Waals surface area contributed by atoms with Crippen LogP contribution < -0.4 is 0 Å². The average molecular weight is 515 g/mol. The van der Waals surface area contributed by atoms with E-state index >= 15 is 0 Å². The quantitative estimate of drug-likeness (QED) is 0.0710. The predicted molar refractivity (Wildman–Crippen MR) is 151 cm³/mol. The molecule has 198 valence electrons. The van der Waals surface area contributed by atoms with Crippen LogP contribution in [0.15, 0.2) is 83.9 Å². The van der Waals surface area contributed by atoms with Gasteiger partial charge in [-0.1, -0.05) is 67.7 Å². The first-order chi connectivity index (χ1) is 17.3. The van der Waals surface area contributed by atoms with Gasteiger partial charge in [-0.15, -0.1) is 11.8 Å². The lowest BCUT2D eigenvalue weighted by Crippen LogP contribution is -2.24. The number of carbonyl (C=O) groups excluding carboxylic acids is 1. The molecule has 0 saturated heterocycles. The van der Waals surface area contributed by atoms with Crippen LogP contribution in [0.2, 0.25) is 0 Å². The van der Waals surface area contributed by atoms with Crippen LogP contribution in [0.5, 0.6) is 0 Å². The number of ether oxygens (including phenoxy) is 2. The van der Waals surface area contributed by atoms with E-state index in [-0.39, 0.29) is 11.7 Å². The van der Waals surface area contributed by atoms with E-state index in [9.17, 15) is 14.7 Å². The fraction of sp³-hybridized carbons (Fsp3) is 0.467. The molecule has 0 aliphatic heterocycles. The minimum atomic E-state index is -1.02. The molecule has 0 aromatic rings. The van der Waals surface area contributed by atoms with Crippen molar-refractivity contribution in [1.29, 1.82) is 0 Å². The molecule has 0 amide bonds. The van der Waals surface area contributed by atoms with E-state index in [4.69, 9.17) is 9.47 Å². The maximum Gasteiger partial charge on any atom is 0.344 e. The van der Waals surface area contributed by atoms with E-state index in [2.05, 4.69) is 19.2 Å². The lowest BCUT2D eigenvalue weighted by Gasteiger charge is -2.25. The Morgan fingerprint density at radius 3 is 2.61 bits per heavy atom. The Bertz CT molecular complexity index is 906. The molecule has 6 heteroatoms. The van der Waals surface area contributed by atoms with Gasteiger partial charge >= 0.3 is 5.97 Å². The molecule has 5 nitrogen and oxygen atoms in total. The molecule has 36 heavy (non-hydrogen) atoms. The van der Waals surface area contributed by atoms with Gasteiger partial charge in [0.15, 0.2) is 6.10 Å². The summed E-state index contributed by atoms with van der Waals surface area (Å²) in [6, 6.07) is 0. The number of aldehydes is 1. The lowest BCUT2D eigenvalue weighted by molar-refractivity contribution is -0.147. The van der Waals surface area contributed by atoms with E-state index in [1.54, 1.807) is 12.2 Å². The maximum absolute atomic E-state index is 12.2. The number of rotatable bonds is 17. The van der Waals surface area contributed by atoms with Crippen molar-refractivity contribution in [2.24, 2.45) is 11.8 Å². The highest BCUT2D eigenvalue weighted by molar-refractivity contribution is 7.98. The Labute approximate surface area is 221 Å². The average Bonchev–Trinajstić information content (AvgIpc) is 2.87. The van der Waals surface area contributed by atoms with Gasteiger partial charge in [0, 0.05) is 17.6 Å². The van der Waals surface area contributed by atoms with Gasteiger partial charge in [-0.05, 0) is 64.5 Å². The Kier molecular flexibility index (Phi) is 15.4. The lowest BCUT2D eigenvalue weighted by atomic mass is 9.82. The second kappa shape index (κ2) is 17.7. The standard InChI is InChI=1S/C30H42O5S/c1-7-9-11-14-22(3)24(5)27(20-31)26(8-2)29(34-21-36-6)19-23(4)35-28(30(32)33)18-17-25-15-12-10-13-16-25/h7-9,11,14-15,19-20,24,27-28H,1,4,10,12-13,16-18,21H2,2-3,5-6H3,(H,32,33)/b11-9-,22-14+,26-8-,29-19+. The summed E-state index contributed by atoms with van der Waals surface area (Å²) < 4.78 is 11.7. The van der Waals surface area contributed by atoms with Crippen molar-refractivity contribution in [2.45, 2.75) is 65.4 Å². The third-order valence-electron chi connectivity index (χ3n) is 6.27. The zero-order valence-corrected chi connectivity index (χ0v) is 23.0. The predicted octanol–water partition coefficient (Wildman–Crippen LogP) is 7.56. The third kappa shape index (κ3) is 10.9. The number of carboxylic acid groups (broad SMARTS) is 1. The minimum absolute atomic E-state index is 0.0887. The highest BCUT2D eigenvalue weighted by Gasteiger charge is 2.26. The molecular formula is C30H42O5S. The smallest absolute Gasteiger partial charge is 0.344 e. The highest BCUT2D eigenvalue weighted by Crippen LogP contribution is 2.32. The van der Waals surface area contributed by atoms with Crippen LogP contribution in [-0.4, -0.2) is 35.7 Å². The number of hydrogen-bond donors (Lipinski definition) is 1. The molecule has 0 aromatic carbocycles.